The van der Waals surface area contributed by atoms with E-state index in [1.165, 1.54) is 32.8 Å². The minimum absolute atomic E-state index is 0.0266. The maximum absolute atomic E-state index is 12.1. The van der Waals surface area contributed by atoms with Crippen molar-refractivity contribution in [1.29, 1.82) is 0 Å². The van der Waals surface area contributed by atoms with Crippen LogP contribution in [0.1, 0.15) is 38.5 Å². The number of nitrogens with one attached hydrogen (secondary N) is 1. The van der Waals surface area contributed by atoms with Crippen molar-refractivity contribution in [2.24, 2.45) is 5.92 Å². The Morgan fingerprint density at radius 3 is 2.76 bits per heavy atom. The van der Waals surface area contributed by atoms with E-state index in [2.05, 4.69) is 15.3 Å². The zero-order chi connectivity index (χ0) is 15.2. The van der Waals surface area contributed by atoms with E-state index in [-0.39, 0.29) is 5.91 Å². The van der Waals surface area contributed by atoms with Crippen LogP contribution in [0.15, 0.2) is 6.20 Å². The molecule has 21 heavy (non-hydrogen) atoms. The largest absolute Gasteiger partial charge is 0.467 e. The normalized spacial score (nSPS) is 15.0. The molecule has 0 aromatic carbocycles. The first-order chi connectivity index (χ1) is 10.1. The van der Waals surface area contributed by atoms with Crippen molar-refractivity contribution in [2.45, 2.75) is 38.5 Å². The number of hydrogen-bond donors (Lipinski definition) is 1. The molecular formula is C15H24N4O2. The molecule has 6 nitrogen and oxygen atoms in total. The summed E-state index contributed by atoms with van der Waals surface area (Å²) in [5.41, 5.74) is 0.622. The zero-order valence-corrected chi connectivity index (χ0v) is 13.1. The van der Waals surface area contributed by atoms with Crippen molar-refractivity contribution in [2.75, 3.05) is 31.4 Å². The van der Waals surface area contributed by atoms with Gasteiger partial charge in [-0.15, -0.1) is 0 Å². The average Bonchev–Trinajstić information content (AvgIpc) is 2.98. The van der Waals surface area contributed by atoms with Crippen molar-refractivity contribution in [3.8, 4) is 6.01 Å². The molecule has 0 atom stereocenters. The molecule has 1 N–H and O–H groups in total. The third-order valence-corrected chi connectivity index (χ3v) is 3.88. The molecular weight excluding hydrogens is 268 g/mol. The molecule has 1 aliphatic carbocycles. The second-order valence-corrected chi connectivity index (χ2v) is 5.73. The second kappa shape index (κ2) is 7.24. The maximum Gasteiger partial charge on any atom is 0.318 e. The van der Waals surface area contributed by atoms with Crippen LogP contribution in [-0.2, 0) is 4.79 Å². The molecule has 0 saturated heterocycles. The van der Waals surface area contributed by atoms with Gasteiger partial charge in [-0.1, -0.05) is 25.7 Å². The van der Waals surface area contributed by atoms with Gasteiger partial charge in [0.2, 0.25) is 5.91 Å². The average molecular weight is 292 g/mol. The summed E-state index contributed by atoms with van der Waals surface area (Å²) in [6.07, 6.45) is 8.27. The predicted octanol–water partition coefficient (Wildman–Crippen LogP) is 2.46. The Morgan fingerprint density at radius 1 is 1.43 bits per heavy atom. The number of anilines is 2. The van der Waals surface area contributed by atoms with Crippen LogP contribution >= 0.6 is 0 Å². The number of amides is 1. The molecule has 1 saturated carbocycles. The van der Waals surface area contributed by atoms with Gasteiger partial charge in [0.05, 0.1) is 13.3 Å². The monoisotopic (exact) mass is 292 g/mol. The molecule has 0 unspecified atom stereocenters. The van der Waals surface area contributed by atoms with Crippen LogP contribution in [0.25, 0.3) is 0 Å². The molecule has 1 aromatic heterocycles. The van der Waals surface area contributed by atoms with E-state index in [9.17, 15) is 4.79 Å². The third kappa shape index (κ3) is 4.31. The number of ether oxygens (including phenoxy) is 1. The molecule has 1 aromatic rings. The second-order valence-electron chi connectivity index (χ2n) is 5.73. The Morgan fingerprint density at radius 2 is 2.14 bits per heavy atom. The van der Waals surface area contributed by atoms with Crippen molar-refractivity contribution in [3.63, 3.8) is 0 Å². The summed E-state index contributed by atoms with van der Waals surface area (Å²) >= 11 is 0. The quantitative estimate of drug-likeness (QED) is 0.872. The number of methoxy groups -OCH3 is 1. The van der Waals surface area contributed by atoms with Gasteiger partial charge in [0, 0.05) is 20.5 Å². The predicted molar refractivity (Wildman–Crippen MR) is 82.7 cm³/mol. The molecule has 0 radical (unpaired) electrons. The van der Waals surface area contributed by atoms with Crippen molar-refractivity contribution in [1.82, 2.24) is 9.97 Å². The lowest BCUT2D eigenvalue weighted by Gasteiger charge is -2.17. The zero-order valence-electron chi connectivity index (χ0n) is 13.1. The topological polar surface area (TPSA) is 67.3 Å². The smallest absolute Gasteiger partial charge is 0.318 e. The van der Waals surface area contributed by atoms with Gasteiger partial charge in [0.1, 0.15) is 5.69 Å². The molecule has 0 bridgehead atoms. The van der Waals surface area contributed by atoms with Crippen LogP contribution in [0.5, 0.6) is 6.01 Å². The Kier molecular flexibility index (Phi) is 5.36. The van der Waals surface area contributed by atoms with E-state index in [4.69, 9.17) is 4.74 Å². The number of carbonyl (C=O) groups excluding carboxylic acids is 1. The summed E-state index contributed by atoms with van der Waals surface area (Å²) in [4.78, 5) is 22.2. The molecule has 0 spiro atoms. The highest BCUT2D eigenvalue weighted by Crippen LogP contribution is 2.29. The summed E-state index contributed by atoms with van der Waals surface area (Å²) in [5, 5.41) is 2.91. The van der Waals surface area contributed by atoms with Gasteiger partial charge in [0.15, 0.2) is 5.82 Å². The van der Waals surface area contributed by atoms with Crippen LogP contribution in [0, 0.1) is 5.92 Å². The molecule has 2 rings (SSSR count). The lowest BCUT2D eigenvalue weighted by molar-refractivity contribution is -0.116. The number of rotatable bonds is 6. The fourth-order valence-corrected chi connectivity index (χ4v) is 2.73. The first-order valence-corrected chi connectivity index (χ1v) is 7.48. The van der Waals surface area contributed by atoms with Gasteiger partial charge in [0.25, 0.3) is 0 Å². The van der Waals surface area contributed by atoms with E-state index >= 15 is 0 Å². The number of hydrogen-bond acceptors (Lipinski definition) is 5. The van der Waals surface area contributed by atoms with E-state index in [0.717, 1.165) is 12.3 Å². The van der Waals surface area contributed by atoms with Gasteiger partial charge in [-0.05, 0) is 12.3 Å². The fourth-order valence-electron chi connectivity index (χ4n) is 2.73. The van der Waals surface area contributed by atoms with Crippen molar-refractivity contribution in [3.05, 3.63) is 6.20 Å². The van der Waals surface area contributed by atoms with Crippen molar-refractivity contribution < 1.29 is 9.53 Å². The first kappa shape index (κ1) is 15.5. The number of aromatic nitrogens is 2. The minimum atomic E-state index is 0.0266. The van der Waals surface area contributed by atoms with E-state index < -0.39 is 0 Å². The Bertz CT molecular complexity index is 485. The van der Waals surface area contributed by atoms with E-state index in [1.807, 2.05) is 19.0 Å². The molecule has 1 aliphatic rings. The van der Waals surface area contributed by atoms with Crippen molar-refractivity contribution >= 4 is 17.4 Å². The number of nitrogens with zero attached hydrogens (tertiary/aromatic N) is 3. The van der Waals surface area contributed by atoms with Crippen LogP contribution in [0.4, 0.5) is 11.5 Å². The van der Waals surface area contributed by atoms with Gasteiger partial charge in [-0.3, -0.25) is 4.79 Å². The highest BCUT2D eigenvalue weighted by Gasteiger charge is 2.17. The highest BCUT2D eigenvalue weighted by molar-refractivity contribution is 5.93. The minimum Gasteiger partial charge on any atom is -0.467 e. The summed E-state index contributed by atoms with van der Waals surface area (Å²) < 4.78 is 5.02. The summed E-state index contributed by atoms with van der Waals surface area (Å²) in [6.45, 7) is 0. The summed E-state index contributed by atoms with van der Waals surface area (Å²) in [7, 11) is 5.26. The SMILES string of the molecule is COc1ncc(NC(=O)CCC2CCCC2)c(N(C)C)n1. The fraction of sp³-hybridized carbons (Fsp3) is 0.667. The standard InChI is InChI=1S/C15H24N4O2/c1-19(2)14-12(10-16-15(18-14)21-3)17-13(20)9-8-11-6-4-5-7-11/h10-11H,4-9H2,1-3H3,(H,17,20). The lowest BCUT2D eigenvalue weighted by atomic mass is 10.0. The number of carbonyl (C=O) groups is 1. The van der Waals surface area contributed by atoms with Crippen LogP contribution in [-0.4, -0.2) is 37.1 Å². The molecule has 116 valence electrons. The molecule has 0 aliphatic heterocycles. The molecule has 1 amide bonds. The Hall–Kier alpha value is -1.85. The van der Waals surface area contributed by atoms with Crippen LogP contribution < -0.4 is 15.0 Å². The molecule has 1 heterocycles. The third-order valence-electron chi connectivity index (χ3n) is 3.88. The van der Waals surface area contributed by atoms with Gasteiger partial charge in [-0.2, -0.15) is 4.98 Å². The van der Waals surface area contributed by atoms with Gasteiger partial charge < -0.3 is 15.0 Å². The van der Waals surface area contributed by atoms with Gasteiger partial charge in [-0.25, -0.2) is 4.98 Å². The first-order valence-electron chi connectivity index (χ1n) is 7.48. The summed E-state index contributed by atoms with van der Waals surface area (Å²) in [5.74, 6) is 1.39. The molecule has 6 heteroatoms. The Balaban J connectivity index is 1.95. The highest BCUT2D eigenvalue weighted by atomic mass is 16.5. The maximum atomic E-state index is 12.1. The molecule has 1 fully saturated rings. The van der Waals surface area contributed by atoms with E-state index in [0.29, 0.717) is 23.9 Å². The van der Waals surface area contributed by atoms with Crippen LogP contribution in [0.3, 0.4) is 0 Å². The van der Waals surface area contributed by atoms with E-state index in [1.54, 1.807) is 6.20 Å². The lowest BCUT2D eigenvalue weighted by Crippen LogP contribution is -2.19. The van der Waals surface area contributed by atoms with Gasteiger partial charge >= 0.3 is 6.01 Å². The Labute approximate surface area is 125 Å². The van der Waals surface area contributed by atoms with Crippen LogP contribution in [0.2, 0.25) is 0 Å². The summed E-state index contributed by atoms with van der Waals surface area (Å²) in [6, 6.07) is 0.294.